The minimum absolute atomic E-state index is 0.0794. The lowest BCUT2D eigenvalue weighted by atomic mass is 9.90. The summed E-state index contributed by atoms with van der Waals surface area (Å²) in [4.78, 5) is 27.4. The van der Waals surface area contributed by atoms with Crippen LogP contribution in [0.1, 0.15) is 46.8 Å². The van der Waals surface area contributed by atoms with Gasteiger partial charge < -0.3 is 14.6 Å². The van der Waals surface area contributed by atoms with E-state index in [2.05, 4.69) is 20.1 Å². The second-order valence-electron chi connectivity index (χ2n) is 7.16. The minimum atomic E-state index is -0.620. The van der Waals surface area contributed by atoms with E-state index in [0.717, 1.165) is 11.4 Å². The third-order valence-electron chi connectivity index (χ3n) is 5.21. The van der Waals surface area contributed by atoms with Crippen LogP contribution in [0.25, 0.3) is 5.78 Å². The first-order valence-electron chi connectivity index (χ1n) is 9.09. The summed E-state index contributed by atoms with van der Waals surface area (Å²) in [7, 11) is 1.87. The second-order valence-corrected chi connectivity index (χ2v) is 7.16. The van der Waals surface area contributed by atoms with E-state index in [-0.39, 0.29) is 17.6 Å². The molecule has 0 spiro atoms. The first-order chi connectivity index (χ1) is 12.9. The van der Waals surface area contributed by atoms with Crippen molar-refractivity contribution in [3.63, 3.8) is 0 Å². The number of piperidine rings is 1. The molecule has 4 rings (SSSR count). The molecule has 1 aliphatic rings. The molecule has 1 unspecified atom stereocenters. The molecule has 142 valence electrons. The van der Waals surface area contributed by atoms with Crippen LogP contribution in [0.4, 0.5) is 0 Å². The van der Waals surface area contributed by atoms with Crippen LogP contribution in [0, 0.1) is 19.8 Å². The highest BCUT2D eigenvalue weighted by atomic mass is 16.3. The molecule has 3 aromatic rings. The molecule has 1 amide bonds. The van der Waals surface area contributed by atoms with Crippen LogP contribution in [-0.2, 0) is 7.05 Å². The van der Waals surface area contributed by atoms with E-state index < -0.39 is 6.10 Å². The summed E-state index contributed by atoms with van der Waals surface area (Å²) in [5, 5.41) is 14.9. The van der Waals surface area contributed by atoms with Gasteiger partial charge in [-0.05, 0) is 38.7 Å². The highest BCUT2D eigenvalue weighted by Crippen LogP contribution is 2.30. The van der Waals surface area contributed by atoms with E-state index >= 15 is 0 Å². The predicted molar refractivity (Wildman–Crippen MR) is 97.1 cm³/mol. The van der Waals surface area contributed by atoms with E-state index in [1.54, 1.807) is 15.6 Å². The molecule has 1 N–H and O–H groups in total. The van der Waals surface area contributed by atoms with E-state index in [1.165, 1.54) is 0 Å². The zero-order valence-corrected chi connectivity index (χ0v) is 15.7. The van der Waals surface area contributed by atoms with Crippen molar-refractivity contribution in [2.24, 2.45) is 13.0 Å². The number of fused-ring (bicyclic) bond motifs is 1. The maximum absolute atomic E-state index is 12.8. The third kappa shape index (κ3) is 3.18. The normalized spacial score (nSPS) is 16.8. The molecule has 9 nitrogen and oxygen atoms in total. The Bertz CT molecular complexity index is 985. The number of hydrogen-bond donors (Lipinski definition) is 1. The highest BCUT2D eigenvalue weighted by Gasteiger charge is 2.31. The molecule has 0 radical (unpaired) electrons. The van der Waals surface area contributed by atoms with Gasteiger partial charge in [-0.1, -0.05) is 0 Å². The first kappa shape index (κ1) is 17.6. The van der Waals surface area contributed by atoms with Crippen LogP contribution in [0.15, 0.2) is 18.5 Å². The molecular weight excluding hydrogens is 346 g/mol. The summed E-state index contributed by atoms with van der Waals surface area (Å²) in [5.41, 5.74) is 1.73. The standard InChI is InChI=1S/C18H23N7O2/c1-11-10-12(2)25-18(20-11)21-15(22-25)17(27)24-7-4-13(5-8-24)14(26)16-19-6-9-23(16)3/h6,9-10,13-14,26H,4-5,7-8H2,1-3H3. The van der Waals surface area contributed by atoms with Crippen LogP contribution in [0.2, 0.25) is 0 Å². The number of aliphatic hydroxyl groups excluding tert-OH is 1. The van der Waals surface area contributed by atoms with Gasteiger partial charge in [0, 0.05) is 43.9 Å². The Hall–Kier alpha value is -2.81. The molecular formula is C18H23N7O2. The van der Waals surface area contributed by atoms with Gasteiger partial charge in [0.05, 0.1) is 0 Å². The van der Waals surface area contributed by atoms with Crippen LogP contribution >= 0.6 is 0 Å². The quantitative estimate of drug-likeness (QED) is 0.741. The van der Waals surface area contributed by atoms with Crippen molar-refractivity contribution in [2.75, 3.05) is 13.1 Å². The number of likely N-dealkylation sites (tertiary alicyclic amines) is 1. The number of imidazole rings is 1. The number of amides is 1. The second kappa shape index (κ2) is 6.73. The van der Waals surface area contributed by atoms with Gasteiger partial charge in [0.2, 0.25) is 5.82 Å². The Balaban J connectivity index is 1.46. The fourth-order valence-electron chi connectivity index (χ4n) is 3.69. The zero-order valence-electron chi connectivity index (χ0n) is 15.7. The summed E-state index contributed by atoms with van der Waals surface area (Å²) in [6.45, 7) is 4.92. The predicted octanol–water partition coefficient (Wildman–Crippen LogP) is 1.06. The van der Waals surface area contributed by atoms with Gasteiger partial charge in [-0.3, -0.25) is 4.79 Å². The maximum atomic E-state index is 12.8. The van der Waals surface area contributed by atoms with E-state index in [1.807, 2.05) is 37.7 Å². The lowest BCUT2D eigenvalue weighted by Gasteiger charge is -2.33. The highest BCUT2D eigenvalue weighted by molar-refractivity contribution is 5.91. The molecule has 27 heavy (non-hydrogen) atoms. The number of nitrogens with zero attached hydrogens (tertiary/aromatic N) is 7. The number of aryl methyl sites for hydroxylation is 3. The summed E-state index contributed by atoms with van der Waals surface area (Å²) in [6, 6.07) is 1.90. The number of aromatic nitrogens is 6. The Morgan fingerprint density at radius 1 is 1.26 bits per heavy atom. The first-order valence-corrected chi connectivity index (χ1v) is 9.09. The van der Waals surface area contributed by atoms with Gasteiger partial charge >= 0.3 is 0 Å². The number of rotatable bonds is 3. The smallest absolute Gasteiger partial charge is 0.293 e. The monoisotopic (exact) mass is 369 g/mol. The fraction of sp³-hybridized carbons (Fsp3) is 0.500. The van der Waals surface area contributed by atoms with Crippen molar-refractivity contribution in [1.29, 1.82) is 0 Å². The minimum Gasteiger partial charge on any atom is -0.385 e. The number of carbonyl (C=O) groups is 1. The Morgan fingerprint density at radius 2 is 2.00 bits per heavy atom. The molecule has 1 atom stereocenters. The van der Waals surface area contributed by atoms with Crippen molar-refractivity contribution in [3.05, 3.63) is 41.5 Å². The van der Waals surface area contributed by atoms with Crippen LogP contribution < -0.4 is 0 Å². The molecule has 0 saturated carbocycles. The van der Waals surface area contributed by atoms with Gasteiger partial charge in [0.25, 0.3) is 11.7 Å². The van der Waals surface area contributed by atoms with Crippen LogP contribution in [0.5, 0.6) is 0 Å². The number of carbonyl (C=O) groups excluding carboxylic acids is 1. The lowest BCUT2D eigenvalue weighted by molar-refractivity contribution is 0.0413. The lowest BCUT2D eigenvalue weighted by Crippen LogP contribution is -2.40. The Morgan fingerprint density at radius 3 is 2.67 bits per heavy atom. The van der Waals surface area contributed by atoms with Gasteiger partial charge in [-0.15, -0.1) is 5.10 Å². The number of aliphatic hydroxyl groups is 1. The SMILES string of the molecule is Cc1cc(C)n2nc(C(=O)N3CCC(C(O)c4nccn4C)CC3)nc2n1. The fourth-order valence-corrected chi connectivity index (χ4v) is 3.69. The van der Waals surface area contributed by atoms with Gasteiger partial charge in [-0.2, -0.15) is 4.98 Å². The molecule has 0 aliphatic carbocycles. The van der Waals surface area contributed by atoms with Gasteiger partial charge in [-0.25, -0.2) is 14.5 Å². The van der Waals surface area contributed by atoms with E-state index in [9.17, 15) is 9.90 Å². The Kier molecular flexibility index (Phi) is 4.39. The molecule has 1 aliphatic heterocycles. The average molecular weight is 369 g/mol. The topological polar surface area (TPSA) is 101 Å². The molecule has 3 aromatic heterocycles. The molecule has 1 saturated heterocycles. The number of hydrogen-bond acceptors (Lipinski definition) is 6. The summed E-state index contributed by atoms with van der Waals surface area (Å²) < 4.78 is 3.43. The van der Waals surface area contributed by atoms with Gasteiger partial charge in [0.15, 0.2) is 0 Å². The largest absolute Gasteiger partial charge is 0.385 e. The van der Waals surface area contributed by atoms with E-state index in [4.69, 9.17) is 0 Å². The van der Waals surface area contributed by atoms with Crippen molar-refractivity contribution < 1.29 is 9.90 Å². The zero-order chi connectivity index (χ0) is 19.1. The van der Waals surface area contributed by atoms with Crippen molar-refractivity contribution >= 4 is 11.7 Å². The van der Waals surface area contributed by atoms with Gasteiger partial charge in [0.1, 0.15) is 11.9 Å². The van der Waals surface area contributed by atoms with Crippen molar-refractivity contribution in [2.45, 2.75) is 32.8 Å². The molecule has 0 aromatic carbocycles. The molecule has 9 heteroatoms. The Labute approximate surface area is 156 Å². The van der Waals surface area contributed by atoms with Crippen LogP contribution in [0.3, 0.4) is 0 Å². The molecule has 0 bridgehead atoms. The van der Waals surface area contributed by atoms with Crippen LogP contribution in [-0.4, -0.2) is 58.1 Å². The summed E-state index contributed by atoms with van der Waals surface area (Å²) >= 11 is 0. The maximum Gasteiger partial charge on any atom is 0.293 e. The average Bonchev–Trinajstić information content (AvgIpc) is 3.27. The molecule has 4 heterocycles. The van der Waals surface area contributed by atoms with Crippen molar-refractivity contribution in [3.8, 4) is 0 Å². The molecule has 1 fully saturated rings. The summed E-state index contributed by atoms with van der Waals surface area (Å²) in [5.74, 6) is 1.16. The van der Waals surface area contributed by atoms with Crippen molar-refractivity contribution in [1.82, 2.24) is 34.0 Å². The summed E-state index contributed by atoms with van der Waals surface area (Å²) in [6.07, 6.45) is 4.31. The third-order valence-corrected chi connectivity index (χ3v) is 5.21. The van der Waals surface area contributed by atoms with E-state index in [0.29, 0.717) is 37.5 Å².